The minimum Gasteiger partial charge on any atom is -0.377 e. The summed E-state index contributed by atoms with van der Waals surface area (Å²) < 4.78 is 3.59. The van der Waals surface area contributed by atoms with E-state index >= 15 is 0 Å². The van der Waals surface area contributed by atoms with Crippen LogP contribution in [0.25, 0.3) is 0 Å². The van der Waals surface area contributed by atoms with E-state index < -0.39 is 6.09 Å². The maximum atomic E-state index is 9.52. The fraction of sp³-hybridized carbons (Fsp3) is 0. The molecule has 0 saturated carbocycles. The third-order valence-corrected chi connectivity index (χ3v) is 0.340. The van der Waals surface area contributed by atoms with Crippen LogP contribution in [0.3, 0.4) is 0 Å². The Kier molecular flexibility index (Phi) is 2.60. The summed E-state index contributed by atoms with van der Waals surface area (Å²) in [7, 11) is 0. The zero-order valence-corrected chi connectivity index (χ0v) is 3.61. The standard InChI is InChI=1S/CH3NO3S/c3-1(2-4)5-6/h4,6H,(H,2,3). The summed E-state index contributed by atoms with van der Waals surface area (Å²) >= 11 is 3.02. The van der Waals surface area contributed by atoms with E-state index in [1.165, 1.54) is 5.48 Å². The molecular formula is CH3NO3S. The zero-order chi connectivity index (χ0) is 4.99. The van der Waals surface area contributed by atoms with Gasteiger partial charge in [0.15, 0.2) is 0 Å². The lowest BCUT2D eigenvalue weighted by Gasteiger charge is -1.87. The fourth-order valence-corrected chi connectivity index (χ4v) is 0.0612. The van der Waals surface area contributed by atoms with Gasteiger partial charge < -0.3 is 4.18 Å². The van der Waals surface area contributed by atoms with Crippen molar-refractivity contribution in [2.24, 2.45) is 0 Å². The molecule has 1 amide bonds. The zero-order valence-electron chi connectivity index (χ0n) is 2.71. The molecular weight excluding hydrogens is 106 g/mol. The summed E-state index contributed by atoms with van der Waals surface area (Å²) in [6.07, 6.45) is -0.988. The average molecular weight is 109 g/mol. The van der Waals surface area contributed by atoms with Crippen molar-refractivity contribution in [3.63, 3.8) is 0 Å². The third kappa shape index (κ3) is 1.86. The van der Waals surface area contributed by atoms with E-state index in [4.69, 9.17) is 5.21 Å². The van der Waals surface area contributed by atoms with Crippen molar-refractivity contribution in [1.82, 2.24) is 5.48 Å². The molecule has 0 radical (unpaired) electrons. The van der Waals surface area contributed by atoms with Gasteiger partial charge in [-0.05, 0) is 0 Å². The van der Waals surface area contributed by atoms with Gasteiger partial charge in [0.2, 0.25) is 0 Å². The van der Waals surface area contributed by atoms with Crippen molar-refractivity contribution in [2.45, 2.75) is 0 Å². The van der Waals surface area contributed by atoms with Gasteiger partial charge in [0.25, 0.3) is 0 Å². The molecule has 4 nitrogen and oxygen atoms in total. The molecule has 6 heavy (non-hydrogen) atoms. The van der Waals surface area contributed by atoms with Crippen LogP contribution >= 0.6 is 12.9 Å². The molecule has 0 aliphatic heterocycles. The number of amides is 1. The molecule has 0 aromatic heterocycles. The molecule has 0 unspecified atom stereocenters. The topological polar surface area (TPSA) is 58.6 Å². The third-order valence-electron chi connectivity index (χ3n) is 0.174. The highest BCUT2D eigenvalue weighted by Crippen LogP contribution is 1.75. The molecule has 0 bridgehead atoms. The second kappa shape index (κ2) is 2.80. The van der Waals surface area contributed by atoms with Gasteiger partial charge in [-0.3, -0.25) is 5.21 Å². The molecule has 0 heterocycles. The van der Waals surface area contributed by atoms with E-state index in [1.54, 1.807) is 0 Å². The molecule has 0 atom stereocenters. The Labute approximate surface area is 39.7 Å². The first-order valence-electron chi connectivity index (χ1n) is 1.06. The van der Waals surface area contributed by atoms with Crippen molar-refractivity contribution in [3.05, 3.63) is 0 Å². The SMILES string of the molecule is O=C(NO)OS. The van der Waals surface area contributed by atoms with E-state index in [2.05, 4.69) is 17.1 Å². The summed E-state index contributed by atoms with van der Waals surface area (Å²) in [6, 6.07) is 0. The van der Waals surface area contributed by atoms with Crippen LogP contribution in [0.4, 0.5) is 4.79 Å². The molecule has 0 fully saturated rings. The number of rotatable bonds is 0. The van der Waals surface area contributed by atoms with Crippen LogP contribution < -0.4 is 5.48 Å². The molecule has 0 aliphatic rings. The molecule has 0 aliphatic carbocycles. The first-order chi connectivity index (χ1) is 2.81. The summed E-state index contributed by atoms with van der Waals surface area (Å²) in [6.45, 7) is 0. The molecule has 0 aromatic carbocycles. The highest BCUT2D eigenvalue weighted by molar-refractivity contribution is 7.75. The monoisotopic (exact) mass is 109 g/mol. The predicted molar refractivity (Wildman–Crippen MR) is 20.4 cm³/mol. The van der Waals surface area contributed by atoms with Crippen LogP contribution in [0.15, 0.2) is 0 Å². The van der Waals surface area contributed by atoms with Crippen molar-refractivity contribution in [1.29, 1.82) is 0 Å². The smallest absolute Gasteiger partial charge is 0.377 e. The van der Waals surface area contributed by atoms with E-state index in [0.29, 0.717) is 0 Å². The maximum absolute atomic E-state index is 9.52. The lowest BCUT2D eigenvalue weighted by atomic mass is 11.3. The van der Waals surface area contributed by atoms with Crippen molar-refractivity contribution in [3.8, 4) is 0 Å². The molecule has 0 aromatic rings. The van der Waals surface area contributed by atoms with Crippen LogP contribution in [0.2, 0.25) is 0 Å². The van der Waals surface area contributed by atoms with Gasteiger partial charge in [0.05, 0.1) is 0 Å². The predicted octanol–water partition coefficient (Wildman–Crippen LogP) is -0.0534. The van der Waals surface area contributed by atoms with Gasteiger partial charge >= 0.3 is 6.09 Å². The Morgan fingerprint density at radius 2 is 2.50 bits per heavy atom. The molecule has 0 spiro atoms. The summed E-state index contributed by atoms with van der Waals surface area (Å²) in [4.78, 5) is 9.52. The lowest BCUT2D eigenvalue weighted by molar-refractivity contribution is 0.134. The lowest BCUT2D eigenvalue weighted by Crippen LogP contribution is -2.15. The van der Waals surface area contributed by atoms with E-state index in [0.717, 1.165) is 0 Å². The Hall–Kier alpha value is -0.420. The van der Waals surface area contributed by atoms with Crippen LogP contribution in [0.5, 0.6) is 0 Å². The van der Waals surface area contributed by atoms with Crippen molar-refractivity contribution >= 4 is 19.0 Å². The highest BCUT2D eigenvalue weighted by Gasteiger charge is 1.88. The minimum absolute atomic E-state index is 0.988. The van der Waals surface area contributed by atoms with Crippen molar-refractivity contribution in [2.75, 3.05) is 0 Å². The molecule has 2 N–H and O–H groups in total. The Morgan fingerprint density at radius 1 is 2.00 bits per heavy atom. The van der Waals surface area contributed by atoms with Gasteiger partial charge in [0, 0.05) is 12.9 Å². The number of thiol groups is 1. The normalized spacial score (nSPS) is 7.00. The number of carbonyl (C=O) groups is 1. The van der Waals surface area contributed by atoms with Crippen LogP contribution in [0.1, 0.15) is 0 Å². The second-order valence-corrected chi connectivity index (χ2v) is 0.673. The van der Waals surface area contributed by atoms with Crippen LogP contribution in [-0.2, 0) is 4.18 Å². The second-order valence-electron chi connectivity index (χ2n) is 0.491. The van der Waals surface area contributed by atoms with Gasteiger partial charge in [0.1, 0.15) is 0 Å². The number of carbonyl (C=O) groups excluding carboxylic acids is 1. The highest BCUT2D eigenvalue weighted by atomic mass is 32.1. The van der Waals surface area contributed by atoms with E-state index in [9.17, 15) is 4.79 Å². The van der Waals surface area contributed by atoms with Gasteiger partial charge in [-0.25, -0.2) is 10.3 Å². The quantitative estimate of drug-likeness (QED) is 0.177. The number of hydrogen-bond donors (Lipinski definition) is 3. The summed E-state index contributed by atoms with van der Waals surface area (Å²) in [5.41, 5.74) is 1.18. The number of hydrogen-bond acceptors (Lipinski definition) is 4. The molecule has 5 heteroatoms. The largest absolute Gasteiger partial charge is 0.443 e. The van der Waals surface area contributed by atoms with Gasteiger partial charge in [-0.1, -0.05) is 0 Å². The van der Waals surface area contributed by atoms with Crippen LogP contribution in [0, 0.1) is 0 Å². The van der Waals surface area contributed by atoms with Crippen molar-refractivity contribution < 1.29 is 14.2 Å². The first-order valence-corrected chi connectivity index (χ1v) is 1.43. The molecule has 36 valence electrons. The summed E-state index contributed by atoms with van der Waals surface area (Å²) in [5, 5.41) is 7.56. The Balaban J connectivity index is 2.99. The Bertz CT molecular complexity index is 48.8. The fourth-order valence-electron chi connectivity index (χ4n) is 0.0204. The molecule has 0 saturated heterocycles. The summed E-state index contributed by atoms with van der Waals surface area (Å²) in [5.74, 6) is 0. The van der Waals surface area contributed by atoms with E-state index in [-0.39, 0.29) is 0 Å². The van der Waals surface area contributed by atoms with E-state index in [1.807, 2.05) is 0 Å². The number of nitrogens with one attached hydrogen (secondary N) is 1. The first kappa shape index (κ1) is 5.58. The average Bonchev–Trinajstić information content (AvgIpc) is 1.65. The number of hydroxylamine groups is 1. The minimum atomic E-state index is -0.988. The maximum Gasteiger partial charge on any atom is 0.443 e. The van der Waals surface area contributed by atoms with Gasteiger partial charge in [-0.15, -0.1) is 0 Å². The van der Waals surface area contributed by atoms with Crippen LogP contribution in [-0.4, -0.2) is 11.3 Å². The van der Waals surface area contributed by atoms with Gasteiger partial charge in [-0.2, -0.15) is 0 Å². The Morgan fingerprint density at radius 3 is 2.50 bits per heavy atom. The molecule has 0 rings (SSSR count).